The summed E-state index contributed by atoms with van der Waals surface area (Å²) in [5.74, 6) is 1.36. The minimum absolute atomic E-state index is 0.519. The van der Waals surface area contributed by atoms with E-state index in [4.69, 9.17) is 16.3 Å². The van der Waals surface area contributed by atoms with Gasteiger partial charge in [0.05, 0.1) is 0 Å². The molecule has 1 aromatic carbocycles. The zero-order chi connectivity index (χ0) is 8.81. The second-order valence-electron chi connectivity index (χ2n) is 2.38. The summed E-state index contributed by atoms with van der Waals surface area (Å²) in [4.78, 5) is 0. The summed E-state index contributed by atoms with van der Waals surface area (Å²) in [6.45, 7) is 4.10. The summed E-state index contributed by atoms with van der Waals surface area (Å²) in [5, 5.41) is 0. The van der Waals surface area contributed by atoms with Crippen molar-refractivity contribution in [3.05, 3.63) is 42.5 Å². The van der Waals surface area contributed by atoms with E-state index in [9.17, 15) is 0 Å². The first-order valence-electron chi connectivity index (χ1n) is 3.75. The van der Waals surface area contributed by atoms with Gasteiger partial charge in [-0.25, -0.2) is 0 Å². The van der Waals surface area contributed by atoms with E-state index in [1.165, 1.54) is 0 Å². The summed E-state index contributed by atoms with van der Waals surface area (Å²) < 4.78 is 5.32. The number of rotatable bonds is 4. The minimum atomic E-state index is 0.519. The number of alkyl halides is 1. The largest absolute Gasteiger partial charge is 0.490 e. The third-order valence-corrected chi connectivity index (χ3v) is 1.73. The Morgan fingerprint density at radius 3 is 3.00 bits per heavy atom. The lowest BCUT2D eigenvalue weighted by atomic mass is 10.2. The van der Waals surface area contributed by atoms with E-state index in [-0.39, 0.29) is 0 Å². The van der Waals surface area contributed by atoms with Gasteiger partial charge in [0.1, 0.15) is 12.4 Å². The molecule has 0 N–H and O–H groups in total. The van der Waals surface area contributed by atoms with Crippen molar-refractivity contribution in [3.63, 3.8) is 0 Å². The Labute approximate surface area is 77.6 Å². The molecule has 0 spiro atoms. The Hall–Kier alpha value is -0.950. The third kappa shape index (κ3) is 2.59. The highest BCUT2D eigenvalue weighted by molar-refractivity contribution is 6.17. The van der Waals surface area contributed by atoms with Gasteiger partial charge in [-0.15, -0.1) is 11.6 Å². The van der Waals surface area contributed by atoms with Crippen LogP contribution < -0.4 is 4.74 Å². The molecule has 0 aliphatic rings. The molecule has 0 saturated heterocycles. The van der Waals surface area contributed by atoms with Crippen molar-refractivity contribution in [2.75, 3.05) is 6.61 Å². The second-order valence-corrected chi connectivity index (χ2v) is 2.65. The first kappa shape index (κ1) is 9.14. The van der Waals surface area contributed by atoms with Crippen LogP contribution in [0.2, 0.25) is 0 Å². The van der Waals surface area contributed by atoms with Crippen LogP contribution in [0.15, 0.2) is 36.9 Å². The van der Waals surface area contributed by atoms with Gasteiger partial charge in [0.15, 0.2) is 0 Å². The zero-order valence-electron chi connectivity index (χ0n) is 6.79. The van der Waals surface area contributed by atoms with Gasteiger partial charge in [0, 0.05) is 5.88 Å². The lowest BCUT2D eigenvalue weighted by molar-refractivity contribution is 0.363. The van der Waals surface area contributed by atoms with Crippen LogP contribution in [-0.2, 0) is 5.88 Å². The molecule has 0 saturated carbocycles. The first-order chi connectivity index (χ1) is 5.86. The predicted octanol–water partition coefficient (Wildman–Crippen LogP) is 2.99. The Bertz CT molecular complexity index is 258. The van der Waals surface area contributed by atoms with Crippen LogP contribution in [0.3, 0.4) is 0 Å². The summed E-state index contributed by atoms with van der Waals surface area (Å²) in [6.07, 6.45) is 1.72. The molecule has 12 heavy (non-hydrogen) atoms. The van der Waals surface area contributed by atoms with E-state index >= 15 is 0 Å². The molecule has 0 atom stereocenters. The SMILES string of the molecule is C=CCOc1cccc(CCl)c1. The maximum atomic E-state index is 5.66. The third-order valence-electron chi connectivity index (χ3n) is 1.42. The monoisotopic (exact) mass is 182 g/mol. The maximum absolute atomic E-state index is 5.66. The van der Waals surface area contributed by atoms with E-state index in [0.717, 1.165) is 11.3 Å². The first-order valence-corrected chi connectivity index (χ1v) is 4.29. The van der Waals surface area contributed by atoms with E-state index in [1.54, 1.807) is 6.08 Å². The van der Waals surface area contributed by atoms with Gasteiger partial charge in [0.2, 0.25) is 0 Å². The molecular formula is C10H11ClO. The van der Waals surface area contributed by atoms with Crippen molar-refractivity contribution in [1.29, 1.82) is 0 Å². The molecule has 0 heterocycles. The van der Waals surface area contributed by atoms with Crippen molar-refractivity contribution < 1.29 is 4.74 Å². The molecule has 1 nitrogen and oxygen atoms in total. The molecule has 0 radical (unpaired) electrons. The van der Waals surface area contributed by atoms with Gasteiger partial charge < -0.3 is 4.74 Å². The van der Waals surface area contributed by atoms with Gasteiger partial charge in [-0.2, -0.15) is 0 Å². The van der Waals surface area contributed by atoms with E-state index in [1.807, 2.05) is 24.3 Å². The topological polar surface area (TPSA) is 9.23 Å². The normalized spacial score (nSPS) is 9.42. The van der Waals surface area contributed by atoms with Crippen LogP contribution in [0, 0.1) is 0 Å². The van der Waals surface area contributed by atoms with Crippen LogP contribution in [0.1, 0.15) is 5.56 Å². The van der Waals surface area contributed by atoms with Gasteiger partial charge >= 0.3 is 0 Å². The fourth-order valence-corrected chi connectivity index (χ4v) is 1.04. The smallest absolute Gasteiger partial charge is 0.120 e. The Morgan fingerprint density at radius 2 is 2.33 bits per heavy atom. The van der Waals surface area contributed by atoms with Crippen LogP contribution in [-0.4, -0.2) is 6.61 Å². The number of hydrogen-bond donors (Lipinski definition) is 0. The number of ether oxygens (including phenoxy) is 1. The molecule has 64 valence electrons. The lowest BCUT2D eigenvalue weighted by Crippen LogP contribution is -1.92. The highest BCUT2D eigenvalue weighted by Crippen LogP contribution is 2.14. The molecule has 0 amide bonds. The van der Waals surface area contributed by atoms with Crippen molar-refractivity contribution in [2.24, 2.45) is 0 Å². The maximum Gasteiger partial charge on any atom is 0.120 e. The predicted molar refractivity (Wildman–Crippen MR) is 51.7 cm³/mol. The highest BCUT2D eigenvalue weighted by Gasteiger charge is 1.93. The number of hydrogen-bond acceptors (Lipinski definition) is 1. The molecule has 2 heteroatoms. The van der Waals surface area contributed by atoms with Crippen molar-refractivity contribution >= 4 is 11.6 Å². The molecule has 0 aliphatic carbocycles. The summed E-state index contributed by atoms with van der Waals surface area (Å²) >= 11 is 5.66. The van der Waals surface area contributed by atoms with Crippen molar-refractivity contribution in [2.45, 2.75) is 5.88 Å². The van der Waals surface area contributed by atoms with Crippen LogP contribution >= 0.6 is 11.6 Å². The standard InChI is InChI=1S/C10H11ClO/c1-2-6-12-10-5-3-4-9(7-10)8-11/h2-5,7H,1,6,8H2. The Balaban J connectivity index is 2.65. The van der Waals surface area contributed by atoms with Crippen molar-refractivity contribution in [3.8, 4) is 5.75 Å². The van der Waals surface area contributed by atoms with E-state index < -0.39 is 0 Å². The van der Waals surface area contributed by atoms with Crippen LogP contribution in [0.5, 0.6) is 5.75 Å². The number of benzene rings is 1. The number of halogens is 1. The molecular weight excluding hydrogens is 172 g/mol. The molecule has 0 aromatic heterocycles. The van der Waals surface area contributed by atoms with Gasteiger partial charge in [-0.05, 0) is 17.7 Å². The summed E-state index contributed by atoms with van der Waals surface area (Å²) in [7, 11) is 0. The fourth-order valence-electron chi connectivity index (χ4n) is 0.874. The minimum Gasteiger partial charge on any atom is -0.490 e. The summed E-state index contributed by atoms with van der Waals surface area (Å²) in [5.41, 5.74) is 1.07. The average Bonchev–Trinajstić information content (AvgIpc) is 2.15. The van der Waals surface area contributed by atoms with Gasteiger partial charge in [0.25, 0.3) is 0 Å². The fraction of sp³-hybridized carbons (Fsp3) is 0.200. The molecule has 1 rings (SSSR count). The molecule has 0 fully saturated rings. The quantitative estimate of drug-likeness (QED) is 0.514. The average molecular weight is 183 g/mol. The Kier molecular flexibility index (Phi) is 3.68. The van der Waals surface area contributed by atoms with Gasteiger partial charge in [-0.3, -0.25) is 0 Å². The Morgan fingerprint density at radius 1 is 1.50 bits per heavy atom. The van der Waals surface area contributed by atoms with Crippen LogP contribution in [0.4, 0.5) is 0 Å². The summed E-state index contributed by atoms with van der Waals surface area (Å²) in [6, 6.07) is 7.72. The zero-order valence-corrected chi connectivity index (χ0v) is 7.55. The van der Waals surface area contributed by atoms with E-state index in [2.05, 4.69) is 6.58 Å². The molecule has 1 aromatic rings. The second kappa shape index (κ2) is 4.83. The molecule has 0 bridgehead atoms. The van der Waals surface area contributed by atoms with Gasteiger partial charge in [-0.1, -0.05) is 24.8 Å². The molecule has 0 unspecified atom stereocenters. The molecule has 0 aliphatic heterocycles. The van der Waals surface area contributed by atoms with Crippen molar-refractivity contribution in [1.82, 2.24) is 0 Å². The lowest BCUT2D eigenvalue weighted by Gasteiger charge is -2.03. The highest BCUT2D eigenvalue weighted by atomic mass is 35.5. The van der Waals surface area contributed by atoms with Crippen LogP contribution in [0.25, 0.3) is 0 Å². The van der Waals surface area contributed by atoms with E-state index in [0.29, 0.717) is 12.5 Å².